The second kappa shape index (κ2) is 4.69. The molecule has 5 heteroatoms. The van der Waals surface area contributed by atoms with Crippen LogP contribution in [0.4, 0.5) is 5.82 Å². The molecule has 0 fully saturated rings. The van der Waals surface area contributed by atoms with E-state index in [0.29, 0.717) is 18.1 Å². The number of benzene rings is 1. The number of amides is 1. The Kier molecular flexibility index (Phi) is 3.09. The summed E-state index contributed by atoms with van der Waals surface area (Å²) in [6.45, 7) is 0.609. The van der Waals surface area contributed by atoms with Crippen molar-refractivity contribution in [1.82, 2.24) is 9.55 Å². The molecule has 2 aromatic rings. The molecule has 1 aromatic heterocycles. The lowest BCUT2D eigenvalue weighted by atomic mass is 10.2. The van der Waals surface area contributed by atoms with Crippen molar-refractivity contribution in [2.24, 2.45) is 12.8 Å². The third-order valence-electron chi connectivity index (χ3n) is 2.47. The molecule has 0 saturated heterocycles. The molecule has 0 spiro atoms. The largest absolute Gasteiger partial charge is 0.364 e. The van der Waals surface area contributed by atoms with Crippen molar-refractivity contribution in [3.05, 3.63) is 47.9 Å². The van der Waals surface area contributed by atoms with Gasteiger partial charge in [0.05, 0.1) is 6.33 Å². The lowest BCUT2D eigenvalue weighted by Gasteiger charge is -2.05. The molecule has 0 aliphatic carbocycles. The van der Waals surface area contributed by atoms with Gasteiger partial charge >= 0.3 is 0 Å². The van der Waals surface area contributed by atoms with Crippen LogP contribution in [-0.2, 0) is 13.6 Å². The van der Waals surface area contributed by atoms with Crippen LogP contribution in [0.15, 0.2) is 36.7 Å². The van der Waals surface area contributed by atoms with Crippen molar-refractivity contribution >= 4 is 11.7 Å². The Balaban J connectivity index is 2.12. The summed E-state index contributed by atoms with van der Waals surface area (Å²) in [5, 5.41) is 3.10. The van der Waals surface area contributed by atoms with Crippen LogP contribution in [0.5, 0.6) is 0 Å². The number of hydrogen-bond donors (Lipinski definition) is 2. The minimum absolute atomic E-state index is 0.390. The van der Waals surface area contributed by atoms with Gasteiger partial charge in [-0.05, 0) is 5.56 Å². The first-order chi connectivity index (χ1) is 8.18. The number of carbonyl (C=O) groups excluding carboxylic acids is 1. The summed E-state index contributed by atoms with van der Waals surface area (Å²) in [6.07, 6.45) is 1.56. The standard InChI is InChI=1S/C12H14N4O/c1-16-8-15-12(10(16)11(13)17)14-7-9-5-3-2-4-6-9/h2-6,8,14H,7H2,1H3,(H2,13,17). The summed E-state index contributed by atoms with van der Waals surface area (Å²) >= 11 is 0. The number of primary amides is 1. The van der Waals surface area contributed by atoms with Crippen molar-refractivity contribution < 1.29 is 4.79 Å². The molecule has 3 N–H and O–H groups in total. The van der Waals surface area contributed by atoms with E-state index in [0.717, 1.165) is 5.56 Å². The van der Waals surface area contributed by atoms with E-state index in [4.69, 9.17) is 5.73 Å². The molecule has 0 aliphatic rings. The second-order valence-electron chi connectivity index (χ2n) is 3.76. The van der Waals surface area contributed by atoms with Gasteiger partial charge in [-0.2, -0.15) is 0 Å². The molecule has 0 radical (unpaired) electrons. The van der Waals surface area contributed by atoms with Gasteiger partial charge in [-0.3, -0.25) is 4.79 Å². The van der Waals surface area contributed by atoms with E-state index in [2.05, 4.69) is 10.3 Å². The maximum atomic E-state index is 11.2. The molecule has 0 saturated carbocycles. The zero-order chi connectivity index (χ0) is 12.3. The van der Waals surface area contributed by atoms with Gasteiger partial charge in [0.15, 0.2) is 11.5 Å². The third kappa shape index (κ3) is 2.44. The molecular formula is C12H14N4O. The van der Waals surface area contributed by atoms with Crippen molar-refractivity contribution in [2.45, 2.75) is 6.54 Å². The lowest BCUT2D eigenvalue weighted by Crippen LogP contribution is -2.17. The van der Waals surface area contributed by atoms with Crippen LogP contribution < -0.4 is 11.1 Å². The van der Waals surface area contributed by atoms with Gasteiger partial charge < -0.3 is 15.6 Å². The van der Waals surface area contributed by atoms with E-state index < -0.39 is 5.91 Å². The highest BCUT2D eigenvalue weighted by molar-refractivity contribution is 5.95. The molecule has 1 aromatic carbocycles. The zero-order valence-electron chi connectivity index (χ0n) is 9.55. The predicted molar refractivity (Wildman–Crippen MR) is 65.5 cm³/mol. The molecular weight excluding hydrogens is 216 g/mol. The molecule has 1 amide bonds. The second-order valence-corrected chi connectivity index (χ2v) is 3.76. The summed E-state index contributed by atoms with van der Waals surface area (Å²) in [5.74, 6) is 0.0319. The Hall–Kier alpha value is -2.30. The smallest absolute Gasteiger partial charge is 0.269 e. The fourth-order valence-corrected chi connectivity index (χ4v) is 1.63. The average Bonchev–Trinajstić information content (AvgIpc) is 2.69. The van der Waals surface area contributed by atoms with Crippen LogP contribution in [0.3, 0.4) is 0 Å². The van der Waals surface area contributed by atoms with Crippen LogP contribution in [0, 0.1) is 0 Å². The first-order valence-corrected chi connectivity index (χ1v) is 5.27. The molecule has 5 nitrogen and oxygen atoms in total. The Labute approximate surface area is 99.3 Å². The maximum absolute atomic E-state index is 11.2. The van der Waals surface area contributed by atoms with Gasteiger partial charge in [-0.1, -0.05) is 30.3 Å². The van der Waals surface area contributed by atoms with Gasteiger partial charge in [-0.25, -0.2) is 4.98 Å². The Bertz CT molecular complexity index is 519. The predicted octanol–water partition coefficient (Wildman–Crippen LogP) is 1.13. The topological polar surface area (TPSA) is 72.9 Å². The van der Waals surface area contributed by atoms with Crippen molar-refractivity contribution in [3.63, 3.8) is 0 Å². The molecule has 2 rings (SSSR count). The van der Waals surface area contributed by atoms with E-state index in [9.17, 15) is 4.79 Å². The van der Waals surface area contributed by atoms with Crippen molar-refractivity contribution in [3.8, 4) is 0 Å². The van der Waals surface area contributed by atoms with Gasteiger partial charge in [0.1, 0.15) is 0 Å². The maximum Gasteiger partial charge on any atom is 0.269 e. The third-order valence-corrected chi connectivity index (χ3v) is 2.47. The fourth-order valence-electron chi connectivity index (χ4n) is 1.63. The summed E-state index contributed by atoms with van der Waals surface area (Å²) in [7, 11) is 1.74. The molecule has 0 aliphatic heterocycles. The Morgan fingerprint density at radius 1 is 1.41 bits per heavy atom. The first-order valence-electron chi connectivity index (χ1n) is 5.27. The number of nitrogens with two attached hydrogens (primary N) is 1. The molecule has 0 unspecified atom stereocenters. The van der Waals surface area contributed by atoms with Gasteiger partial charge in [-0.15, -0.1) is 0 Å². The van der Waals surface area contributed by atoms with Gasteiger partial charge in [0.2, 0.25) is 0 Å². The van der Waals surface area contributed by atoms with Crippen LogP contribution in [0.2, 0.25) is 0 Å². The van der Waals surface area contributed by atoms with Crippen molar-refractivity contribution in [2.75, 3.05) is 5.32 Å². The molecule has 0 bridgehead atoms. The Morgan fingerprint density at radius 3 is 2.76 bits per heavy atom. The number of nitrogens with zero attached hydrogens (tertiary/aromatic N) is 2. The Morgan fingerprint density at radius 2 is 2.12 bits per heavy atom. The number of hydrogen-bond acceptors (Lipinski definition) is 3. The molecule has 17 heavy (non-hydrogen) atoms. The van der Waals surface area contributed by atoms with Gasteiger partial charge in [0, 0.05) is 13.6 Å². The lowest BCUT2D eigenvalue weighted by molar-refractivity contribution is 0.0993. The molecule has 88 valence electrons. The van der Waals surface area contributed by atoms with Crippen LogP contribution in [0.25, 0.3) is 0 Å². The normalized spacial score (nSPS) is 10.2. The number of aryl methyl sites for hydroxylation is 1. The number of nitrogens with one attached hydrogen (secondary N) is 1. The summed E-state index contributed by atoms with van der Waals surface area (Å²) in [6, 6.07) is 9.88. The van der Waals surface area contributed by atoms with Gasteiger partial charge in [0.25, 0.3) is 5.91 Å². The molecule has 1 heterocycles. The summed E-state index contributed by atoms with van der Waals surface area (Å²) < 4.78 is 1.61. The zero-order valence-corrected chi connectivity index (χ0v) is 9.55. The summed E-state index contributed by atoms with van der Waals surface area (Å²) in [5.41, 5.74) is 6.80. The van der Waals surface area contributed by atoms with E-state index in [-0.39, 0.29) is 0 Å². The number of carbonyl (C=O) groups is 1. The average molecular weight is 230 g/mol. The highest BCUT2D eigenvalue weighted by atomic mass is 16.1. The van der Waals surface area contributed by atoms with Crippen LogP contribution >= 0.6 is 0 Å². The van der Waals surface area contributed by atoms with Crippen LogP contribution in [-0.4, -0.2) is 15.5 Å². The highest BCUT2D eigenvalue weighted by Crippen LogP contribution is 2.12. The highest BCUT2D eigenvalue weighted by Gasteiger charge is 2.13. The van der Waals surface area contributed by atoms with Crippen LogP contribution in [0.1, 0.15) is 16.1 Å². The number of anilines is 1. The number of aromatic nitrogens is 2. The van der Waals surface area contributed by atoms with E-state index in [1.807, 2.05) is 30.3 Å². The van der Waals surface area contributed by atoms with E-state index in [1.165, 1.54) is 0 Å². The number of rotatable bonds is 4. The fraction of sp³-hybridized carbons (Fsp3) is 0.167. The van der Waals surface area contributed by atoms with E-state index >= 15 is 0 Å². The minimum Gasteiger partial charge on any atom is -0.364 e. The molecule has 0 atom stereocenters. The number of imidazole rings is 1. The van der Waals surface area contributed by atoms with E-state index in [1.54, 1.807) is 17.9 Å². The van der Waals surface area contributed by atoms with Crippen molar-refractivity contribution in [1.29, 1.82) is 0 Å². The summed E-state index contributed by atoms with van der Waals surface area (Å²) in [4.78, 5) is 15.3. The minimum atomic E-state index is -0.486. The SMILES string of the molecule is Cn1cnc(NCc2ccccc2)c1C(N)=O. The monoisotopic (exact) mass is 230 g/mol. The first kappa shape index (κ1) is 11.2. The quantitative estimate of drug-likeness (QED) is 0.827.